The molecule has 0 saturated carbocycles. The fraction of sp³-hybridized carbons (Fsp3) is 0.562. The highest BCUT2D eigenvalue weighted by molar-refractivity contribution is 7.22. The van der Waals surface area contributed by atoms with Gasteiger partial charge in [0.1, 0.15) is 0 Å². The lowest BCUT2D eigenvalue weighted by molar-refractivity contribution is 0.215. The second-order valence-corrected chi connectivity index (χ2v) is 7.34. The maximum atomic E-state index is 5.80. The lowest BCUT2D eigenvalue weighted by Gasteiger charge is -2.25. The van der Waals surface area contributed by atoms with E-state index in [2.05, 4.69) is 33.0 Å². The summed E-state index contributed by atoms with van der Waals surface area (Å²) in [4.78, 5) is 9.65. The topological polar surface area (TPSA) is 45.4 Å². The van der Waals surface area contributed by atoms with Gasteiger partial charge >= 0.3 is 0 Å². The molecule has 1 aromatic heterocycles. The third-order valence-corrected chi connectivity index (χ3v) is 5.61. The van der Waals surface area contributed by atoms with Crippen LogP contribution >= 0.6 is 11.3 Å². The fourth-order valence-electron chi connectivity index (χ4n) is 3.77. The summed E-state index contributed by atoms with van der Waals surface area (Å²) >= 11 is 1.59. The number of aromatic nitrogens is 1. The largest absolute Gasteiger partial charge is 0.375 e. The molecule has 112 valence electrons. The van der Waals surface area contributed by atoms with Gasteiger partial charge in [-0.15, -0.1) is 0 Å². The Morgan fingerprint density at radius 2 is 2.14 bits per heavy atom. The molecule has 5 heteroatoms. The van der Waals surface area contributed by atoms with Crippen LogP contribution in [0.2, 0.25) is 0 Å². The Hall–Kier alpha value is -1.17. The molecule has 2 aromatic rings. The second kappa shape index (κ2) is 5.55. The Morgan fingerprint density at radius 3 is 3.10 bits per heavy atom. The number of thiazole rings is 1. The summed E-state index contributed by atoms with van der Waals surface area (Å²) in [5.41, 5.74) is 8.21. The molecule has 1 atom stereocenters. The van der Waals surface area contributed by atoms with E-state index in [9.17, 15) is 0 Å². The van der Waals surface area contributed by atoms with Crippen LogP contribution in [0.3, 0.4) is 0 Å². The first kappa shape index (κ1) is 13.5. The van der Waals surface area contributed by atoms with Crippen LogP contribution in [0.4, 0.5) is 5.13 Å². The third kappa shape index (κ3) is 2.78. The molecule has 2 fully saturated rings. The lowest BCUT2D eigenvalue weighted by atomic mass is 10.1. The summed E-state index contributed by atoms with van der Waals surface area (Å²) in [7, 11) is 0. The first-order chi connectivity index (χ1) is 10.3. The highest BCUT2D eigenvalue weighted by Crippen LogP contribution is 2.26. The smallest absolute Gasteiger partial charge is 0.181 e. The van der Waals surface area contributed by atoms with Gasteiger partial charge < -0.3 is 5.73 Å². The van der Waals surface area contributed by atoms with Crippen LogP contribution in [0, 0.1) is 0 Å². The number of fused-ring (bicyclic) bond motifs is 2. The lowest BCUT2D eigenvalue weighted by Crippen LogP contribution is -2.36. The molecule has 0 radical (unpaired) electrons. The molecule has 3 heterocycles. The van der Waals surface area contributed by atoms with Crippen molar-refractivity contribution < 1.29 is 0 Å². The second-order valence-electron chi connectivity index (χ2n) is 6.27. The van der Waals surface area contributed by atoms with Crippen molar-refractivity contribution in [2.45, 2.75) is 31.8 Å². The average Bonchev–Trinajstić information content (AvgIpc) is 2.99. The third-order valence-electron chi connectivity index (χ3n) is 4.76. The zero-order valence-electron chi connectivity index (χ0n) is 12.3. The zero-order chi connectivity index (χ0) is 14.2. The summed E-state index contributed by atoms with van der Waals surface area (Å²) in [6.07, 6.45) is 4.05. The van der Waals surface area contributed by atoms with Crippen molar-refractivity contribution in [3.05, 3.63) is 23.8 Å². The Labute approximate surface area is 129 Å². The molecule has 2 N–H and O–H groups in total. The van der Waals surface area contributed by atoms with Gasteiger partial charge in [0.05, 0.1) is 10.2 Å². The van der Waals surface area contributed by atoms with Crippen molar-refractivity contribution >= 4 is 26.7 Å². The van der Waals surface area contributed by atoms with Crippen molar-refractivity contribution in [1.82, 2.24) is 14.8 Å². The summed E-state index contributed by atoms with van der Waals surface area (Å²) < 4.78 is 1.21. The van der Waals surface area contributed by atoms with E-state index in [0.29, 0.717) is 5.13 Å². The van der Waals surface area contributed by atoms with E-state index in [1.165, 1.54) is 55.7 Å². The van der Waals surface area contributed by atoms with Crippen molar-refractivity contribution in [1.29, 1.82) is 0 Å². The average molecular weight is 302 g/mol. The standard InChI is InChI=1S/C16H22N4S/c17-16-18-14-5-4-12(9-15(14)21-16)10-19-6-2-8-20-7-1-3-13(20)11-19/h4-5,9,13H,1-3,6-8,10-11H2,(H2,17,18). The van der Waals surface area contributed by atoms with Crippen LogP contribution in [0.15, 0.2) is 18.2 Å². The minimum Gasteiger partial charge on any atom is -0.375 e. The van der Waals surface area contributed by atoms with Gasteiger partial charge in [0.25, 0.3) is 0 Å². The van der Waals surface area contributed by atoms with Crippen molar-refractivity contribution in [2.24, 2.45) is 0 Å². The minimum atomic E-state index is 0.665. The normalized spacial score (nSPS) is 24.3. The maximum absolute atomic E-state index is 5.80. The van der Waals surface area contributed by atoms with E-state index in [1.54, 1.807) is 11.3 Å². The summed E-state index contributed by atoms with van der Waals surface area (Å²) in [5, 5.41) is 0.665. The van der Waals surface area contributed by atoms with Crippen LogP contribution in [0.25, 0.3) is 10.2 Å². The maximum Gasteiger partial charge on any atom is 0.181 e. The number of nitrogen functional groups attached to an aromatic ring is 1. The molecule has 0 aliphatic carbocycles. The SMILES string of the molecule is Nc1nc2ccc(CN3CCCN4CCCC4C3)cc2s1. The monoisotopic (exact) mass is 302 g/mol. The predicted molar refractivity (Wildman–Crippen MR) is 88.5 cm³/mol. The molecule has 2 saturated heterocycles. The van der Waals surface area contributed by atoms with Crippen molar-refractivity contribution in [3.63, 3.8) is 0 Å². The van der Waals surface area contributed by atoms with Crippen LogP contribution in [0.5, 0.6) is 0 Å². The first-order valence-corrected chi connectivity index (χ1v) is 8.71. The number of benzene rings is 1. The quantitative estimate of drug-likeness (QED) is 0.926. The number of nitrogens with two attached hydrogens (primary N) is 1. The van der Waals surface area contributed by atoms with Crippen molar-refractivity contribution in [3.8, 4) is 0 Å². The summed E-state index contributed by atoms with van der Waals surface area (Å²) in [6, 6.07) is 7.37. The van der Waals surface area contributed by atoms with Crippen LogP contribution < -0.4 is 5.73 Å². The molecular weight excluding hydrogens is 280 g/mol. The number of anilines is 1. The van der Waals surface area contributed by atoms with E-state index in [4.69, 9.17) is 5.73 Å². The molecule has 0 spiro atoms. The molecule has 21 heavy (non-hydrogen) atoms. The van der Waals surface area contributed by atoms with Gasteiger partial charge in [-0.05, 0) is 56.6 Å². The molecule has 2 aliphatic heterocycles. The van der Waals surface area contributed by atoms with E-state index in [0.717, 1.165) is 18.1 Å². The minimum absolute atomic E-state index is 0.665. The Morgan fingerprint density at radius 1 is 1.24 bits per heavy atom. The Bertz CT molecular complexity index is 638. The van der Waals surface area contributed by atoms with E-state index in [1.807, 2.05) is 0 Å². The molecule has 1 unspecified atom stereocenters. The first-order valence-electron chi connectivity index (χ1n) is 7.89. The van der Waals surface area contributed by atoms with Gasteiger partial charge in [-0.1, -0.05) is 17.4 Å². The number of rotatable bonds is 2. The highest BCUT2D eigenvalue weighted by Gasteiger charge is 2.28. The molecule has 4 nitrogen and oxygen atoms in total. The highest BCUT2D eigenvalue weighted by atomic mass is 32.1. The van der Waals surface area contributed by atoms with E-state index in [-0.39, 0.29) is 0 Å². The van der Waals surface area contributed by atoms with Gasteiger partial charge in [0.2, 0.25) is 0 Å². The molecule has 2 aliphatic rings. The molecular formula is C16H22N4S. The van der Waals surface area contributed by atoms with E-state index >= 15 is 0 Å². The van der Waals surface area contributed by atoms with Gasteiger partial charge in [-0.25, -0.2) is 4.98 Å². The van der Waals surface area contributed by atoms with Gasteiger partial charge in [-0.3, -0.25) is 9.80 Å². The number of hydrogen-bond donors (Lipinski definition) is 1. The zero-order valence-corrected chi connectivity index (χ0v) is 13.1. The van der Waals surface area contributed by atoms with Gasteiger partial charge in [-0.2, -0.15) is 0 Å². The number of hydrogen-bond acceptors (Lipinski definition) is 5. The summed E-state index contributed by atoms with van der Waals surface area (Å²) in [5.74, 6) is 0. The molecule has 0 amide bonds. The van der Waals surface area contributed by atoms with Crippen LogP contribution in [-0.4, -0.2) is 47.0 Å². The van der Waals surface area contributed by atoms with Gasteiger partial charge in [0.15, 0.2) is 5.13 Å². The Kier molecular flexibility index (Phi) is 3.57. The van der Waals surface area contributed by atoms with Gasteiger partial charge in [0, 0.05) is 19.1 Å². The van der Waals surface area contributed by atoms with Crippen LogP contribution in [0.1, 0.15) is 24.8 Å². The molecule has 4 rings (SSSR count). The number of nitrogens with zero attached hydrogens (tertiary/aromatic N) is 3. The van der Waals surface area contributed by atoms with E-state index < -0.39 is 0 Å². The van der Waals surface area contributed by atoms with Crippen molar-refractivity contribution in [2.75, 3.05) is 31.9 Å². The fourth-order valence-corrected chi connectivity index (χ4v) is 4.57. The molecule has 1 aromatic carbocycles. The molecule has 0 bridgehead atoms. The Balaban J connectivity index is 1.50. The van der Waals surface area contributed by atoms with Crippen LogP contribution in [-0.2, 0) is 6.54 Å². The predicted octanol–water partition coefficient (Wildman–Crippen LogP) is 2.55. The summed E-state index contributed by atoms with van der Waals surface area (Å²) in [6.45, 7) is 6.09.